The van der Waals surface area contributed by atoms with E-state index in [1.165, 1.54) is 22.4 Å². The minimum atomic E-state index is 0.263. The first-order valence-electron chi connectivity index (χ1n) is 13.5. The molecule has 1 aliphatic carbocycles. The van der Waals surface area contributed by atoms with Gasteiger partial charge in [0.1, 0.15) is 6.61 Å². The Morgan fingerprint density at radius 3 is 2.63 bits per heavy atom. The number of aliphatic imine (C=N–C) groups is 1. The van der Waals surface area contributed by atoms with Gasteiger partial charge in [-0.3, -0.25) is 4.99 Å². The third-order valence-corrected chi connectivity index (χ3v) is 8.95. The van der Waals surface area contributed by atoms with Crippen LogP contribution in [0.2, 0.25) is 10.0 Å². The molecule has 0 saturated carbocycles. The van der Waals surface area contributed by atoms with Crippen molar-refractivity contribution >= 4 is 56.7 Å². The van der Waals surface area contributed by atoms with Crippen molar-refractivity contribution < 1.29 is 9.47 Å². The van der Waals surface area contributed by atoms with Gasteiger partial charge in [0.2, 0.25) is 0 Å². The van der Waals surface area contributed by atoms with Gasteiger partial charge < -0.3 is 14.8 Å². The van der Waals surface area contributed by atoms with Crippen LogP contribution in [0.15, 0.2) is 94.4 Å². The van der Waals surface area contributed by atoms with Gasteiger partial charge in [-0.1, -0.05) is 71.2 Å². The highest BCUT2D eigenvalue weighted by atomic mass is 79.9. The number of nitrogens with zero attached hydrogens (tertiary/aromatic N) is 1. The van der Waals surface area contributed by atoms with Crippen molar-refractivity contribution in [2.24, 2.45) is 10.9 Å². The molecule has 4 aromatic rings. The molecule has 4 nitrogen and oxygen atoms in total. The SMILES string of the molecule is COc1cc(C=Nc2ccc([C@@H]3Nc4ccc(C)cc4[C@H]4C=CC[C@H]43)cc2)cc(Br)c1OCc1ccc(Cl)cc1Cl. The molecule has 0 saturated heterocycles. The number of allylic oxidation sites excluding steroid dienone is 2. The molecule has 208 valence electrons. The van der Waals surface area contributed by atoms with Gasteiger partial charge in [0.05, 0.1) is 23.3 Å². The van der Waals surface area contributed by atoms with Crippen molar-refractivity contribution in [3.63, 3.8) is 0 Å². The number of methoxy groups -OCH3 is 1. The van der Waals surface area contributed by atoms with Crippen LogP contribution >= 0.6 is 39.1 Å². The summed E-state index contributed by atoms with van der Waals surface area (Å²) in [7, 11) is 1.62. The Morgan fingerprint density at radius 2 is 1.85 bits per heavy atom. The van der Waals surface area contributed by atoms with Crippen LogP contribution in [0, 0.1) is 12.8 Å². The molecule has 2 aliphatic rings. The van der Waals surface area contributed by atoms with Crippen LogP contribution < -0.4 is 14.8 Å². The monoisotopic (exact) mass is 646 g/mol. The molecule has 0 aromatic heterocycles. The van der Waals surface area contributed by atoms with Gasteiger partial charge in [-0.25, -0.2) is 0 Å². The van der Waals surface area contributed by atoms with Crippen LogP contribution in [0.5, 0.6) is 11.5 Å². The number of fused-ring (bicyclic) bond motifs is 3. The molecule has 0 amide bonds. The maximum atomic E-state index is 6.31. The Kier molecular flexibility index (Phi) is 8.12. The summed E-state index contributed by atoms with van der Waals surface area (Å²) in [6.07, 6.45) is 7.62. The van der Waals surface area contributed by atoms with Gasteiger partial charge in [0.25, 0.3) is 0 Å². The van der Waals surface area contributed by atoms with Gasteiger partial charge in [0.15, 0.2) is 11.5 Å². The average Bonchev–Trinajstić information content (AvgIpc) is 3.47. The first-order chi connectivity index (χ1) is 19.9. The van der Waals surface area contributed by atoms with Crippen LogP contribution in [0.3, 0.4) is 0 Å². The fourth-order valence-corrected chi connectivity index (χ4v) is 6.74. The zero-order valence-electron chi connectivity index (χ0n) is 22.7. The third kappa shape index (κ3) is 5.90. The number of hydrogen-bond acceptors (Lipinski definition) is 4. The molecule has 6 rings (SSSR count). The Morgan fingerprint density at radius 1 is 1.02 bits per heavy atom. The number of rotatable bonds is 7. The number of aryl methyl sites for hydroxylation is 1. The molecular weight excluding hydrogens is 619 g/mol. The highest BCUT2D eigenvalue weighted by molar-refractivity contribution is 9.10. The van der Waals surface area contributed by atoms with Crippen molar-refractivity contribution in [3.8, 4) is 11.5 Å². The van der Waals surface area contributed by atoms with Crippen molar-refractivity contribution in [1.29, 1.82) is 0 Å². The molecule has 0 radical (unpaired) electrons. The van der Waals surface area contributed by atoms with E-state index in [2.05, 4.69) is 82.8 Å². The summed E-state index contributed by atoms with van der Waals surface area (Å²) in [6.45, 7) is 2.44. The maximum absolute atomic E-state index is 6.31. The second-order valence-electron chi connectivity index (χ2n) is 10.5. The van der Waals surface area contributed by atoms with E-state index in [0.29, 0.717) is 33.4 Å². The second kappa shape index (κ2) is 11.9. The van der Waals surface area contributed by atoms with Crippen LogP contribution in [-0.2, 0) is 6.61 Å². The van der Waals surface area contributed by atoms with E-state index < -0.39 is 0 Å². The second-order valence-corrected chi connectivity index (χ2v) is 12.2. The highest BCUT2D eigenvalue weighted by Crippen LogP contribution is 2.50. The zero-order chi connectivity index (χ0) is 28.5. The minimum absolute atomic E-state index is 0.263. The van der Waals surface area contributed by atoms with Gasteiger partial charge in [-0.05, 0) is 94.3 Å². The molecule has 1 N–H and O–H groups in total. The predicted molar refractivity (Wildman–Crippen MR) is 173 cm³/mol. The van der Waals surface area contributed by atoms with E-state index >= 15 is 0 Å². The largest absolute Gasteiger partial charge is 0.493 e. The summed E-state index contributed by atoms with van der Waals surface area (Å²) >= 11 is 15.9. The van der Waals surface area contributed by atoms with Gasteiger partial charge in [-0.2, -0.15) is 0 Å². The van der Waals surface area contributed by atoms with E-state index in [1.54, 1.807) is 19.2 Å². The molecule has 7 heteroatoms. The molecular formula is C34H29BrCl2N2O2. The fourth-order valence-electron chi connectivity index (χ4n) is 5.70. The van der Waals surface area contributed by atoms with Crippen molar-refractivity contribution in [3.05, 3.63) is 127 Å². The van der Waals surface area contributed by atoms with Crippen molar-refractivity contribution in [1.82, 2.24) is 0 Å². The molecule has 41 heavy (non-hydrogen) atoms. The molecule has 1 aliphatic heterocycles. The third-order valence-electron chi connectivity index (χ3n) is 7.77. The summed E-state index contributed by atoms with van der Waals surface area (Å²) in [6, 6.07) is 24.7. The topological polar surface area (TPSA) is 42.8 Å². The standard InChI is InChI=1S/C34H29BrCl2N2O2/c1-20-6-13-31-28(14-20)26-4-3-5-27(26)33(39-31)22-8-11-25(12-9-22)38-18-21-15-29(35)34(32(16-21)40-2)41-19-23-7-10-24(36)17-30(23)37/h3-4,6-18,26-27,33,39H,5,19H2,1-2H3/t26-,27+,33-/m0/s1. The Bertz CT molecular complexity index is 1650. The van der Waals surface area contributed by atoms with Crippen LogP contribution in [0.4, 0.5) is 11.4 Å². The quantitative estimate of drug-likeness (QED) is 0.160. The van der Waals surface area contributed by atoms with Crippen LogP contribution in [0.25, 0.3) is 0 Å². The maximum Gasteiger partial charge on any atom is 0.175 e. The van der Waals surface area contributed by atoms with E-state index in [-0.39, 0.29) is 12.6 Å². The molecule has 0 bridgehead atoms. The van der Waals surface area contributed by atoms with Crippen LogP contribution in [0.1, 0.15) is 46.2 Å². The molecule has 1 heterocycles. The number of halogens is 3. The molecule has 0 fully saturated rings. The van der Waals surface area contributed by atoms with Gasteiger partial charge in [0, 0.05) is 33.4 Å². The van der Waals surface area contributed by atoms with Gasteiger partial charge >= 0.3 is 0 Å². The zero-order valence-corrected chi connectivity index (χ0v) is 25.8. The minimum Gasteiger partial charge on any atom is -0.493 e. The first kappa shape index (κ1) is 27.9. The lowest BCUT2D eigenvalue weighted by Gasteiger charge is -2.37. The van der Waals surface area contributed by atoms with E-state index in [4.69, 9.17) is 37.7 Å². The molecule has 3 atom stereocenters. The summed E-state index contributed by atoms with van der Waals surface area (Å²) in [5.41, 5.74) is 7.83. The number of anilines is 1. The predicted octanol–water partition coefficient (Wildman–Crippen LogP) is 10.2. The van der Waals surface area contributed by atoms with E-state index in [0.717, 1.165) is 27.7 Å². The number of benzene rings is 4. The normalized spacial score (nSPS) is 19.1. The Labute approximate surface area is 259 Å². The lowest BCUT2D eigenvalue weighted by atomic mass is 9.76. The molecule has 4 aromatic carbocycles. The molecule has 0 unspecified atom stereocenters. The Hall–Kier alpha value is -3.25. The summed E-state index contributed by atoms with van der Waals surface area (Å²) < 4.78 is 12.4. The van der Waals surface area contributed by atoms with E-state index in [9.17, 15) is 0 Å². The van der Waals surface area contributed by atoms with E-state index in [1.807, 2.05) is 24.4 Å². The number of ether oxygens (including phenoxy) is 2. The summed E-state index contributed by atoms with van der Waals surface area (Å²) in [5, 5.41) is 4.96. The summed E-state index contributed by atoms with van der Waals surface area (Å²) in [5.74, 6) is 2.16. The van der Waals surface area contributed by atoms with Crippen molar-refractivity contribution in [2.45, 2.75) is 31.9 Å². The number of nitrogens with one attached hydrogen (secondary N) is 1. The van der Waals surface area contributed by atoms with Gasteiger partial charge in [-0.15, -0.1) is 0 Å². The molecule has 0 spiro atoms. The lowest BCUT2D eigenvalue weighted by molar-refractivity contribution is 0.282. The lowest BCUT2D eigenvalue weighted by Crippen LogP contribution is -2.29. The number of hydrogen-bond donors (Lipinski definition) is 1. The highest BCUT2D eigenvalue weighted by Gasteiger charge is 2.37. The average molecular weight is 648 g/mol. The summed E-state index contributed by atoms with van der Waals surface area (Å²) in [4.78, 5) is 4.73. The smallest absolute Gasteiger partial charge is 0.175 e. The fraction of sp³-hybridized carbons (Fsp3) is 0.206. The van der Waals surface area contributed by atoms with Crippen molar-refractivity contribution in [2.75, 3.05) is 12.4 Å². The Balaban J connectivity index is 1.17. The first-order valence-corrected chi connectivity index (χ1v) is 15.1. The van der Waals surface area contributed by atoms with Crippen LogP contribution in [-0.4, -0.2) is 13.3 Å².